The molecule has 0 radical (unpaired) electrons. The zero-order valence-electron chi connectivity index (χ0n) is 14.7. The number of aromatic amines is 1. The van der Waals surface area contributed by atoms with E-state index in [1.807, 2.05) is 42.5 Å². The van der Waals surface area contributed by atoms with E-state index in [0.717, 1.165) is 59.3 Å². The molecule has 1 saturated heterocycles. The molecule has 0 spiro atoms. The van der Waals surface area contributed by atoms with Crippen LogP contribution >= 0.6 is 12.2 Å². The zero-order valence-corrected chi connectivity index (χ0v) is 15.6. The lowest BCUT2D eigenvalue weighted by Gasteiger charge is -2.33. The van der Waals surface area contributed by atoms with Gasteiger partial charge in [-0.25, -0.2) is 4.98 Å². The summed E-state index contributed by atoms with van der Waals surface area (Å²) in [5, 5.41) is 4.09. The van der Waals surface area contributed by atoms with E-state index < -0.39 is 0 Å². The van der Waals surface area contributed by atoms with Gasteiger partial charge in [0.2, 0.25) is 0 Å². The largest absolute Gasteiger partial charge is 0.497 e. The molecule has 4 rings (SSSR count). The highest BCUT2D eigenvalue weighted by molar-refractivity contribution is 7.80. The number of aromatic nitrogens is 2. The van der Waals surface area contributed by atoms with Crippen LogP contribution in [0.1, 0.15) is 24.6 Å². The van der Waals surface area contributed by atoms with Gasteiger partial charge in [-0.2, -0.15) is 0 Å². The Morgan fingerprint density at radius 3 is 2.81 bits per heavy atom. The fourth-order valence-electron chi connectivity index (χ4n) is 3.43. The number of benzene rings is 2. The summed E-state index contributed by atoms with van der Waals surface area (Å²) in [6.45, 7) is 1.85. The Kier molecular flexibility index (Phi) is 4.75. The second-order valence-corrected chi connectivity index (χ2v) is 6.97. The maximum Gasteiger partial charge on any atom is 0.173 e. The van der Waals surface area contributed by atoms with E-state index in [0.29, 0.717) is 5.92 Å². The first-order valence-electron chi connectivity index (χ1n) is 8.87. The molecule has 2 aromatic carbocycles. The first kappa shape index (κ1) is 16.8. The molecule has 2 N–H and O–H groups in total. The first-order chi connectivity index (χ1) is 12.7. The Morgan fingerprint density at radius 1 is 1.23 bits per heavy atom. The Balaban J connectivity index is 1.44. The van der Waals surface area contributed by atoms with Gasteiger partial charge in [-0.1, -0.05) is 12.1 Å². The summed E-state index contributed by atoms with van der Waals surface area (Å²) in [4.78, 5) is 10.5. The van der Waals surface area contributed by atoms with Gasteiger partial charge in [-0.3, -0.25) is 0 Å². The maximum atomic E-state index is 5.64. The molecular formula is C20H22N4OS. The van der Waals surface area contributed by atoms with Crippen LogP contribution in [0.3, 0.4) is 0 Å². The van der Waals surface area contributed by atoms with E-state index >= 15 is 0 Å². The monoisotopic (exact) mass is 366 g/mol. The smallest absolute Gasteiger partial charge is 0.173 e. The molecule has 0 unspecified atom stereocenters. The lowest BCUT2D eigenvalue weighted by molar-refractivity contribution is 0.307. The number of methoxy groups -OCH3 is 1. The van der Waals surface area contributed by atoms with Crippen molar-refractivity contribution >= 4 is 34.1 Å². The van der Waals surface area contributed by atoms with E-state index in [1.165, 1.54) is 0 Å². The Bertz CT molecular complexity index is 873. The number of imidazole rings is 1. The van der Waals surface area contributed by atoms with Gasteiger partial charge in [-0.05, 0) is 61.5 Å². The number of anilines is 1. The zero-order chi connectivity index (χ0) is 17.9. The highest BCUT2D eigenvalue weighted by atomic mass is 32.1. The van der Waals surface area contributed by atoms with E-state index in [1.54, 1.807) is 7.11 Å². The van der Waals surface area contributed by atoms with Crippen molar-refractivity contribution in [2.45, 2.75) is 18.8 Å². The van der Waals surface area contributed by atoms with Crippen molar-refractivity contribution < 1.29 is 4.74 Å². The molecule has 1 fully saturated rings. The van der Waals surface area contributed by atoms with Crippen molar-refractivity contribution in [1.29, 1.82) is 0 Å². The quantitative estimate of drug-likeness (QED) is 0.682. The van der Waals surface area contributed by atoms with Crippen molar-refractivity contribution in [1.82, 2.24) is 14.9 Å². The Morgan fingerprint density at radius 2 is 2.04 bits per heavy atom. The van der Waals surface area contributed by atoms with Crippen molar-refractivity contribution in [3.05, 3.63) is 54.4 Å². The fourth-order valence-corrected chi connectivity index (χ4v) is 3.71. The van der Waals surface area contributed by atoms with Gasteiger partial charge in [0.05, 0.1) is 18.1 Å². The lowest BCUT2D eigenvalue weighted by Crippen LogP contribution is -2.41. The van der Waals surface area contributed by atoms with Gasteiger partial charge in [-0.15, -0.1) is 0 Å². The van der Waals surface area contributed by atoms with Crippen LogP contribution in [0, 0.1) is 0 Å². The van der Waals surface area contributed by atoms with Crippen LogP contribution in [0.4, 0.5) is 5.69 Å². The number of hydrogen-bond donors (Lipinski definition) is 2. The molecular weight excluding hydrogens is 344 g/mol. The first-order valence-corrected chi connectivity index (χ1v) is 9.28. The number of para-hydroxylation sites is 2. The highest BCUT2D eigenvalue weighted by Crippen LogP contribution is 2.27. The molecule has 1 aliphatic rings. The number of nitrogens with zero attached hydrogens (tertiary/aromatic N) is 2. The SMILES string of the molecule is COc1ccc(NC(=S)N2CCC[C@H](c3nc4ccccc4[nH]3)C2)cc1. The summed E-state index contributed by atoms with van der Waals surface area (Å²) >= 11 is 5.64. The van der Waals surface area contributed by atoms with Crippen LogP contribution < -0.4 is 10.1 Å². The summed E-state index contributed by atoms with van der Waals surface area (Å²) in [7, 11) is 1.67. The summed E-state index contributed by atoms with van der Waals surface area (Å²) in [6.07, 6.45) is 2.23. The van der Waals surface area contributed by atoms with Gasteiger partial charge in [0.25, 0.3) is 0 Å². The minimum atomic E-state index is 0.367. The van der Waals surface area contributed by atoms with Crippen molar-refractivity contribution in [2.24, 2.45) is 0 Å². The number of H-pyrrole nitrogens is 1. The Labute approximate surface area is 158 Å². The van der Waals surface area contributed by atoms with Crippen LogP contribution in [0.2, 0.25) is 0 Å². The molecule has 1 atom stereocenters. The molecule has 1 aromatic heterocycles. The van der Waals surface area contributed by atoms with Gasteiger partial charge in [0.15, 0.2) is 5.11 Å². The average Bonchev–Trinajstić information content (AvgIpc) is 3.13. The fraction of sp³-hybridized carbons (Fsp3) is 0.300. The third-order valence-electron chi connectivity index (χ3n) is 4.84. The summed E-state index contributed by atoms with van der Waals surface area (Å²) in [5.41, 5.74) is 3.10. The molecule has 1 aliphatic heterocycles. The van der Waals surface area contributed by atoms with Gasteiger partial charge < -0.3 is 19.9 Å². The predicted octanol–water partition coefficient (Wildman–Crippen LogP) is 4.15. The number of fused-ring (bicyclic) bond motifs is 1. The Hall–Kier alpha value is -2.60. The van der Waals surface area contributed by atoms with Gasteiger partial charge >= 0.3 is 0 Å². The molecule has 0 bridgehead atoms. The van der Waals surface area contributed by atoms with Crippen LogP contribution in [0.5, 0.6) is 5.75 Å². The van der Waals surface area contributed by atoms with Crippen LogP contribution in [0.25, 0.3) is 11.0 Å². The molecule has 26 heavy (non-hydrogen) atoms. The number of hydrogen-bond acceptors (Lipinski definition) is 3. The topological polar surface area (TPSA) is 53.2 Å². The molecule has 0 saturated carbocycles. The number of thiocarbonyl (C=S) groups is 1. The molecule has 5 nitrogen and oxygen atoms in total. The third-order valence-corrected chi connectivity index (χ3v) is 5.20. The summed E-state index contributed by atoms with van der Waals surface area (Å²) in [5.74, 6) is 2.26. The summed E-state index contributed by atoms with van der Waals surface area (Å²) < 4.78 is 5.20. The van der Waals surface area contributed by atoms with E-state index in [9.17, 15) is 0 Å². The molecule has 3 aromatic rings. The van der Waals surface area contributed by atoms with Gasteiger partial charge in [0, 0.05) is 24.7 Å². The normalized spacial score (nSPS) is 17.3. The maximum absolute atomic E-state index is 5.64. The average molecular weight is 366 g/mol. The van der Waals surface area contributed by atoms with E-state index in [4.69, 9.17) is 21.9 Å². The van der Waals surface area contributed by atoms with Crippen molar-refractivity contribution in [3.8, 4) is 5.75 Å². The van der Waals surface area contributed by atoms with Crippen molar-refractivity contribution in [2.75, 3.05) is 25.5 Å². The van der Waals surface area contributed by atoms with E-state index in [2.05, 4.69) is 21.3 Å². The van der Waals surface area contributed by atoms with Crippen LogP contribution in [-0.2, 0) is 0 Å². The minimum absolute atomic E-state index is 0.367. The molecule has 0 amide bonds. The number of rotatable bonds is 3. The van der Waals surface area contributed by atoms with E-state index in [-0.39, 0.29) is 0 Å². The van der Waals surface area contributed by atoms with Gasteiger partial charge in [0.1, 0.15) is 11.6 Å². The molecule has 134 valence electrons. The highest BCUT2D eigenvalue weighted by Gasteiger charge is 2.25. The number of nitrogens with one attached hydrogen (secondary N) is 2. The minimum Gasteiger partial charge on any atom is -0.497 e. The second-order valence-electron chi connectivity index (χ2n) is 6.58. The summed E-state index contributed by atoms with van der Waals surface area (Å²) in [6, 6.07) is 16.0. The standard InChI is InChI=1S/C20H22N4OS/c1-25-16-10-8-15(9-11-16)21-20(26)24-12-4-5-14(13-24)19-22-17-6-2-3-7-18(17)23-19/h2-3,6-11,14H,4-5,12-13H2,1H3,(H,21,26)(H,22,23)/t14-/m0/s1. The number of ether oxygens (including phenoxy) is 1. The van der Waals surface area contributed by atoms with Crippen molar-refractivity contribution in [3.63, 3.8) is 0 Å². The molecule has 0 aliphatic carbocycles. The van der Waals surface area contributed by atoms with Crippen LogP contribution in [0.15, 0.2) is 48.5 Å². The van der Waals surface area contributed by atoms with Crippen LogP contribution in [-0.4, -0.2) is 40.2 Å². The third kappa shape index (κ3) is 3.51. The number of piperidine rings is 1. The number of likely N-dealkylation sites (tertiary alicyclic amines) is 1. The molecule has 6 heteroatoms. The second kappa shape index (κ2) is 7.33. The lowest BCUT2D eigenvalue weighted by atomic mass is 9.98. The molecule has 2 heterocycles. The predicted molar refractivity (Wildman–Crippen MR) is 109 cm³/mol.